The maximum atomic E-state index is 12.0. The van der Waals surface area contributed by atoms with E-state index in [0.717, 1.165) is 12.8 Å². The van der Waals surface area contributed by atoms with Crippen molar-refractivity contribution in [3.05, 3.63) is 0 Å². The second kappa shape index (κ2) is 7.59. The molecule has 6 nitrogen and oxygen atoms in total. The summed E-state index contributed by atoms with van der Waals surface area (Å²) >= 11 is 0. The van der Waals surface area contributed by atoms with Gasteiger partial charge in [0, 0.05) is 26.2 Å². The Labute approximate surface area is 120 Å². The summed E-state index contributed by atoms with van der Waals surface area (Å²) in [5.74, 6) is -0.0880. The Morgan fingerprint density at radius 2 is 1.80 bits per heavy atom. The van der Waals surface area contributed by atoms with Crippen LogP contribution in [0.4, 0.5) is 0 Å². The molecule has 20 heavy (non-hydrogen) atoms. The van der Waals surface area contributed by atoms with Crippen molar-refractivity contribution in [2.75, 3.05) is 33.4 Å². The van der Waals surface area contributed by atoms with Crippen molar-refractivity contribution < 1.29 is 19.1 Å². The van der Waals surface area contributed by atoms with Crippen molar-refractivity contribution in [1.29, 1.82) is 0 Å². The number of nitrogens with one attached hydrogen (secondary N) is 1. The van der Waals surface area contributed by atoms with Gasteiger partial charge in [-0.05, 0) is 33.6 Å². The van der Waals surface area contributed by atoms with Gasteiger partial charge in [-0.15, -0.1) is 0 Å². The van der Waals surface area contributed by atoms with Gasteiger partial charge in [0.25, 0.3) is 0 Å². The molecule has 0 aliphatic carbocycles. The standard InChI is InChI=1S/C14H26N2O4/c1-14(2,3)20-10-13(18)16-7-5-11(6-8-16)15-12(17)9-19-4/h11H,5-10H2,1-4H3,(H,15,17). The average molecular weight is 286 g/mol. The van der Waals surface area contributed by atoms with E-state index in [1.807, 2.05) is 20.8 Å². The van der Waals surface area contributed by atoms with Crippen molar-refractivity contribution in [2.45, 2.75) is 45.3 Å². The molecule has 0 radical (unpaired) electrons. The Balaban J connectivity index is 2.27. The summed E-state index contributed by atoms with van der Waals surface area (Å²) in [6, 6.07) is 0.130. The van der Waals surface area contributed by atoms with Crippen molar-refractivity contribution in [2.24, 2.45) is 0 Å². The highest BCUT2D eigenvalue weighted by Gasteiger charge is 2.24. The van der Waals surface area contributed by atoms with Gasteiger partial charge in [-0.1, -0.05) is 0 Å². The third-order valence-corrected chi connectivity index (χ3v) is 3.12. The second-order valence-electron chi connectivity index (χ2n) is 6.06. The number of methoxy groups -OCH3 is 1. The van der Waals surface area contributed by atoms with Crippen LogP contribution in [0.3, 0.4) is 0 Å². The Kier molecular flexibility index (Phi) is 6.42. The molecule has 6 heteroatoms. The third-order valence-electron chi connectivity index (χ3n) is 3.12. The van der Waals surface area contributed by atoms with Gasteiger partial charge in [-0.25, -0.2) is 0 Å². The molecule has 0 unspecified atom stereocenters. The minimum Gasteiger partial charge on any atom is -0.375 e. The van der Waals surface area contributed by atoms with Gasteiger partial charge in [0.2, 0.25) is 11.8 Å². The number of carbonyl (C=O) groups excluding carboxylic acids is 2. The zero-order valence-corrected chi connectivity index (χ0v) is 12.9. The highest BCUT2D eigenvalue weighted by Crippen LogP contribution is 2.12. The first kappa shape index (κ1) is 16.9. The summed E-state index contributed by atoms with van der Waals surface area (Å²) in [6.07, 6.45) is 1.55. The SMILES string of the molecule is COCC(=O)NC1CCN(C(=O)COC(C)(C)C)CC1. The Hall–Kier alpha value is -1.14. The molecule has 2 amide bonds. The van der Waals surface area contributed by atoms with Gasteiger partial charge in [0.1, 0.15) is 13.2 Å². The van der Waals surface area contributed by atoms with Gasteiger partial charge in [0.15, 0.2) is 0 Å². The van der Waals surface area contributed by atoms with E-state index in [0.29, 0.717) is 13.1 Å². The largest absolute Gasteiger partial charge is 0.375 e. The predicted octanol–water partition coefficient (Wildman–Crippen LogP) is 0.555. The lowest BCUT2D eigenvalue weighted by atomic mass is 10.0. The van der Waals surface area contributed by atoms with Crippen molar-refractivity contribution in [3.63, 3.8) is 0 Å². The number of hydrogen-bond donors (Lipinski definition) is 1. The summed E-state index contributed by atoms with van der Waals surface area (Å²) in [4.78, 5) is 25.2. The number of ether oxygens (including phenoxy) is 2. The third kappa shape index (κ3) is 6.34. The van der Waals surface area contributed by atoms with Crippen molar-refractivity contribution in [3.8, 4) is 0 Å². The first-order valence-electron chi connectivity index (χ1n) is 7.02. The lowest BCUT2D eigenvalue weighted by Gasteiger charge is -2.33. The summed E-state index contributed by atoms with van der Waals surface area (Å²) in [5, 5.41) is 2.90. The molecule has 0 aromatic rings. The molecule has 116 valence electrons. The Bertz CT molecular complexity index is 331. The molecule has 1 heterocycles. The molecule has 1 fully saturated rings. The molecule has 0 saturated carbocycles. The van der Waals surface area contributed by atoms with Gasteiger partial charge in [-0.3, -0.25) is 9.59 Å². The van der Waals surface area contributed by atoms with Gasteiger partial charge in [-0.2, -0.15) is 0 Å². The zero-order valence-electron chi connectivity index (χ0n) is 12.9. The topological polar surface area (TPSA) is 67.9 Å². The normalized spacial score (nSPS) is 17.1. The van der Waals surface area contributed by atoms with Crippen LogP contribution in [-0.2, 0) is 19.1 Å². The van der Waals surface area contributed by atoms with Gasteiger partial charge >= 0.3 is 0 Å². The van der Waals surface area contributed by atoms with Crippen LogP contribution in [0.2, 0.25) is 0 Å². The van der Waals surface area contributed by atoms with Crippen LogP contribution in [0, 0.1) is 0 Å². The maximum absolute atomic E-state index is 12.0. The first-order valence-corrected chi connectivity index (χ1v) is 7.02. The van der Waals surface area contributed by atoms with E-state index in [-0.39, 0.29) is 36.7 Å². The van der Waals surface area contributed by atoms with E-state index in [4.69, 9.17) is 9.47 Å². The number of piperidine rings is 1. The maximum Gasteiger partial charge on any atom is 0.248 e. The highest BCUT2D eigenvalue weighted by molar-refractivity contribution is 5.78. The quantitative estimate of drug-likeness (QED) is 0.801. The van der Waals surface area contributed by atoms with Crippen molar-refractivity contribution in [1.82, 2.24) is 10.2 Å². The van der Waals surface area contributed by atoms with E-state index in [1.54, 1.807) is 4.90 Å². The molecule has 1 saturated heterocycles. The van der Waals surface area contributed by atoms with E-state index in [1.165, 1.54) is 7.11 Å². The molecule has 1 rings (SSSR count). The van der Waals surface area contributed by atoms with Crippen LogP contribution >= 0.6 is 0 Å². The van der Waals surface area contributed by atoms with Gasteiger partial charge in [0.05, 0.1) is 5.60 Å². The van der Waals surface area contributed by atoms with E-state index >= 15 is 0 Å². The fourth-order valence-corrected chi connectivity index (χ4v) is 2.04. The molecular weight excluding hydrogens is 260 g/mol. The van der Waals surface area contributed by atoms with Gasteiger partial charge < -0.3 is 19.7 Å². The van der Waals surface area contributed by atoms with Crippen LogP contribution in [0.25, 0.3) is 0 Å². The Morgan fingerprint density at radius 3 is 2.30 bits per heavy atom. The fourth-order valence-electron chi connectivity index (χ4n) is 2.04. The number of hydrogen-bond acceptors (Lipinski definition) is 4. The summed E-state index contributed by atoms with van der Waals surface area (Å²) in [6.45, 7) is 7.30. The molecule has 0 aromatic carbocycles. The monoisotopic (exact) mass is 286 g/mol. The molecule has 0 bridgehead atoms. The first-order chi connectivity index (χ1) is 9.31. The molecule has 0 aromatic heterocycles. The number of amides is 2. The van der Waals surface area contributed by atoms with Crippen LogP contribution < -0.4 is 5.32 Å². The van der Waals surface area contributed by atoms with Crippen LogP contribution in [-0.4, -0.2) is 61.8 Å². The smallest absolute Gasteiger partial charge is 0.248 e. The number of likely N-dealkylation sites (tertiary alicyclic amines) is 1. The molecule has 1 aliphatic rings. The number of carbonyl (C=O) groups is 2. The van der Waals surface area contributed by atoms with Crippen LogP contribution in [0.1, 0.15) is 33.6 Å². The minimum absolute atomic E-state index is 0.0154. The van der Waals surface area contributed by atoms with E-state index in [2.05, 4.69) is 5.32 Å². The Morgan fingerprint density at radius 1 is 1.20 bits per heavy atom. The predicted molar refractivity (Wildman–Crippen MR) is 75.3 cm³/mol. The molecular formula is C14H26N2O4. The molecule has 1 N–H and O–H groups in total. The van der Waals surface area contributed by atoms with Crippen LogP contribution in [0.5, 0.6) is 0 Å². The minimum atomic E-state index is -0.303. The summed E-state index contributed by atoms with van der Waals surface area (Å²) < 4.78 is 10.3. The molecule has 0 atom stereocenters. The van der Waals surface area contributed by atoms with Crippen molar-refractivity contribution >= 4 is 11.8 Å². The number of rotatable bonds is 5. The molecule has 1 aliphatic heterocycles. The zero-order chi connectivity index (χ0) is 15.2. The lowest BCUT2D eigenvalue weighted by Crippen LogP contribution is -2.48. The fraction of sp³-hybridized carbons (Fsp3) is 0.857. The van der Waals surface area contributed by atoms with E-state index < -0.39 is 0 Å². The lowest BCUT2D eigenvalue weighted by molar-refractivity contribution is -0.142. The molecule has 0 spiro atoms. The highest BCUT2D eigenvalue weighted by atomic mass is 16.5. The summed E-state index contributed by atoms with van der Waals surface area (Å²) in [7, 11) is 1.50. The van der Waals surface area contributed by atoms with E-state index in [9.17, 15) is 9.59 Å². The van der Waals surface area contributed by atoms with Crippen LogP contribution in [0.15, 0.2) is 0 Å². The average Bonchev–Trinajstić information content (AvgIpc) is 2.36. The number of nitrogens with zero attached hydrogens (tertiary/aromatic N) is 1. The second-order valence-corrected chi connectivity index (χ2v) is 6.06. The summed E-state index contributed by atoms with van der Waals surface area (Å²) in [5.41, 5.74) is -0.303.